The van der Waals surface area contributed by atoms with Crippen molar-refractivity contribution in [2.75, 3.05) is 18.0 Å². The van der Waals surface area contributed by atoms with E-state index < -0.39 is 0 Å². The average Bonchev–Trinajstić information content (AvgIpc) is 3.17. The Morgan fingerprint density at radius 2 is 1.71 bits per heavy atom. The fourth-order valence-electron chi connectivity index (χ4n) is 4.45. The first-order valence-corrected chi connectivity index (χ1v) is 10.5. The van der Waals surface area contributed by atoms with E-state index in [0.29, 0.717) is 12.1 Å². The number of aromatic nitrogens is 3. The molecule has 2 aromatic heterocycles. The molecule has 6 heteroatoms. The fraction of sp³-hybridized carbons (Fsp3) is 0.280. The minimum Gasteiger partial charge on any atom is -0.364 e. The summed E-state index contributed by atoms with van der Waals surface area (Å²) >= 11 is 0. The molecule has 3 heterocycles. The number of hydrogen-bond donors (Lipinski definition) is 1. The van der Waals surface area contributed by atoms with Gasteiger partial charge in [0.1, 0.15) is 0 Å². The van der Waals surface area contributed by atoms with E-state index in [0.717, 1.165) is 46.6 Å². The molecule has 2 unspecified atom stereocenters. The van der Waals surface area contributed by atoms with Crippen LogP contribution in [0.4, 0.5) is 5.69 Å². The van der Waals surface area contributed by atoms with E-state index in [2.05, 4.69) is 77.8 Å². The Hall–Kier alpha value is -1.84. The van der Waals surface area contributed by atoms with Crippen LogP contribution in [0.15, 0.2) is 61.1 Å². The van der Waals surface area contributed by atoms with Gasteiger partial charge in [-0.3, -0.25) is 0 Å². The largest absolute Gasteiger partial charge is 0.364 e. The number of nitrogens with one attached hydrogen (secondary N) is 1. The summed E-state index contributed by atoms with van der Waals surface area (Å²) in [6.07, 6.45) is 5.88. The Balaban J connectivity index is 0.00000231. The van der Waals surface area contributed by atoms with E-state index in [1.807, 2.05) is 29.9 Å². The Morgan fingerprint density at radius 3 is 2.42 bits per heavy atom. The van der Waals surface area contributed by atoms with Crippen molar-refractivity contribution in [2.45, 2.75) is 32.9 Å². The predicted octanol–water partition coefficient (Wildman–Crippen LogP) is 4.36. The summed E-state index contributed by atoms with van der Waals surface area (Å²) in [4.78, 5) is 7.23. The third-order valence-electron chi connectivity index (χ3n) is 5.94. The fourth-order valence-corrected chi connectivity index (χ4v) is 4.45. The molecule has 4 aromatic rings. The van der Waals surface area contributed by atoms with Gasteiger partial charge < -0.3 is 10.2 Å². The van der Waals surface area contributed by atoms with Crippen LogP contribution in [0.5, 0.6) is 0 Å². The van der Waals surface area contributed by atoms with Crippen molar-refractivity contribution in [3.05, 3.63) is 72.7 Å². The van der Waals surface area contributed by atoms with E-state index in [9.17, 15) is 0 Å². The van der Waals surface area contributed by atoms with Crippen LogP contribution in [0.25, 0.3) is 27.9 Å². The topological polar surface area (TPSA) is 45.5 Å². The summed E-state index contributed by atoms with van der Waals surface area (Å²) in [6.45, 7) is 8.64. The Labute approximate surface area is 216 Å². The van der Waals surface area contributed by atoms with Gasteiger partial charge in [0, 0.05) is 94.8 Å². The SMILES string of the molecule is Cc1[c-]ccc(-c2cnn3cc(-c4ccc(N5C(C)CNCC5C)cc4)cnc23)c1.[Sm]. The minimum absolute atomic E-state index is 0. The van der Waals surface area contributed by atoms with Gasteiger partial charge in [0.2, 0.25) is 0 Å². The summed E-state index contributed by atoms with van der Waals surface area (Å²) in [6, 6.07) is 19.1. The van der Waals surface area contributed by atoms with Crippen LogP contribution in [-0.2, 0) is 0 Å². The van der Waals surface area contributed by atoms with Gasteiger partial charge in [-0.15, -0.1) is 5.56 Å². The van der Waals surface area contributed by atoms with Crippen LogP contribution >= 0.6 is 0 Å². The van der Waals surface area contributed by atoms with Crippen LogP contribution in [0.2, 0.25) is 0 Å². The zero-order chi connectivity index (χ0) is 20.7. The maximum absolute atomic E-state index is 4.73. The standard InChI is InChI=1S/C25H26N5.Sm/c1-17-5-4-6-21(11-17)24-15-28-29-16-22(14-27-25(24)29)20-7-9-23(10-8-20)30-18(2)12-26-13-19(30)3;/h4,6-11,14-16,18-19,26H,12-13H2,1-3H3;/q-1;. The number of fused-ring (bicyclic) bond motifs is 1. The molecular formula is C25H26N5Sm-. The van der Waals surface area contributed by atoms with Gasteiger partial charge in [-0.25, -0.2) is 9.50 Å². The van der Waals surface area contributed by atoms with Gasteiger partial charge in [0.15, 0.2) is 5.65 Å². The van der Waals surface area contributed by atoms with Crippen molar-refractivity contribution in [3.63, 3.8) is 0 Å². The van der Waals surface area contributed by atoms with Gasteiger partial charge >= 0.3 is 0 Å². The summed E-state index contributed by atoms with van der Waals surface area (Å²) in [5.41, 5.74) is 7.60. The average molecular weight is 547 g/mol. The molecule has 2 atom stereocenters. The number of hydrogen-bond acceptors (Lipinski definition) is 4. The van der Waals surface area contributed by atoms with Crippen LogP contribution in [-0.4, -0.2) is 39.8 Å². The van der Waals surface area contributed by atoms with Crippen LogP contribution in [0.3, 0.4) is 0 Å². The van der Waals surface area contributed by atoms with Gasteiger partial charge in [0.05, 0.1) is 6.20 Å². The van der Waals surface area contributed by atoms with E-state index in [-0.39, 0.29) is 40.4 Å². The van der Waals surface area contributed by atoms with Crippen molar-refractivity contribution in [1.29, 1.82) is 0 Å². The second-order valence-corrected chi connectivity index (χ2v) is 8.24. The summed E-state index contributed by atoms with van der Waals surface area (Å²) in [7, 11) is 0. The van der Waals surface area contributed by atoms with Crippen molar-refractivity contribution < 1.29 is 40.4 Å². The van der Waals surface area contributed by atoms with Gasteiger partial charge in [0.25, 0.3) is 0 Å². The summed E-state index contributed by atoms with van der Waals surface area (Å²) < 4.78 is 1.87. The van der Waals surface area contributed by atoms with Crippen LogP contribution < -0.4 is 10.2 Å². The number of benzene rings is 2. The van der Waals surface area contributed by atoms with E-state index >= 15 is 0 Å². The molecule has 0 bridgehead atoms. The molecule has 5 nitrogen and oxygen atoms in total. The molecule has 0 spiro atoms. The quantitative estimate of drug-likeness (QED) is 0.388. The van der Waals surface area contributed by atoms with Crippen LogP contribution in [0, 0.1) is 53.4 Å². The van der Waals surface area contributed by atoms with E-state index in [1.54, 1.807) is 0 Å². The summed E-state index contributed by atoms with van der Waals surface area (Å²) in [5, 5.41) is 8.04. The molecule has 0 amide bonds. The Morgan fingerprint density at radius 1 is 0.968 bits per heavy atom. The summed E-state index contributed by atoms with van der Waals surface area (Å²) in [5.74, 6) is 0. The van der Waals surface area contributed by atoms with E-state index in [4.69, 9.17) is 4.98 Å². The zero-order valence-corrected chi connectivity index (χ0v) is 20.7. The first kappa shape index (κ1) is 22.4. The molecule has 5 rings (SSSR count). The molecule has 0 saturated carbocycles. The van der Waals surface area contributed by atoms with Gasteiger partial charge in [-0.2, -0.15) is 34.9 Å². The molecule has 0 radical (unpaired) electrons. The van der Waals surface area contributed by atoms with Crippen molar-refractivity contribution in [3.8, 4) is 22.3 Å². The minimum atomic E-state index is 0. The molecule has 31 heavy (non-hydrogen) atoms. The zero-order valence-electron chi connectivity index (χ0n) is 18.0. The molecule has 1 saturated heterocycles. The maximum atomic E-state index is 4.73. The van der Waals surface area contributed by atoms with Crippen molar-refractivity contribution in [2.24, 2.45) is 0 Å². The van der Waals surface area contributed by atoms with Crippen molar-refractivity contribution in [1.82, 2.24) is 19.9 Å². The second-order valence-electron chi connectivity index (χ2n) is 8.24. The molecule has 1 fully saturated rings. The number of nitrogens with zero attached hydrogens (tertiary/aromatic N) is 4. The molecule has 1 aliphatic heterocycles. The number of aryl methyl sites for hydroxylation is 1. The van der Waals surface area contributed by atoms with Crippen LogP contribution in [0.1, 0.15) is 19.4 Å². The molecule has 158 valence electrons. The first-order valence-electron chi connectivity index (χ1n) is 10.5. The number of rotatable bonds is 3. The van der Waals surface area contributed by atoms with Gasteiger partial charge in [-0.1, -0.05) is 19.1 Å². The van der Waals surface area contributed by atoms with Gasteiger partial charge in [-0.05, 0) is 31.5 Å². The molecule has 2 aromatic carbocycles. The van der Waals surface area contributed by atoms with Crippen molar-refractivity contribution >= 4 is 11.3 Å². The number of piperazine rings is 1. The molecule has 1 aliphatic rings. The second kappa shape index (κ2) is 9.34. The molecular weight excluding hydrogens is 521 g/mol. The third-order valence-corrected chi connectivity index (χ3v) is 5.94. The number of anilines is 1. The molecule has 0 aliphatic carbocycles. The smallest absolute Gasteiger partial charge is 0.160 e. The third kappa shape index (κ3) is 4.40. The molecule has 1 N–H and O–H groups in total. The van der Waals surface area contributed by atoms with E-state index in [1.165, 1.54) is 5.69 Å². The normalized spacial score (nSPS) is 18.7. The maximum Gasteiger partial charge on any atom is 0.160 e. The Bertz CT molecular complexity index is 1170. The first-order chi connectivity index (χ1) is 14.6. The predicted molar refractivity (Wildman–Crippen MR) is 122 cm³/mol. The Kier molecular flexibility index (Phi) is 6.73. The monoisotopic (exact) mass is 548 g/mol.